The van der Waals surface area contributed by atoms with Gasteiger partial charge in [0.25, 0.3) is 0 Å². The zero-order valence-electron chi connectivity index (χ0n) is 12.9. The van der Waals surface area contributed by atoms with Crippen LogP contribution in [0.3, 0.4) is 0 Å². The van der Waals surface area contributed by atoms with Crippen LogP contribution in [-0.4, -0.2) is 25.3 Å². The molecule has 0 aliphatic rings. The Morgan fingerprint density at radius 3 is 1.54 bits per heavy atom. The normalized spacial score (nSPS) is 13.2. The average molecular weight is 427 g/mol. The second-order valence-electron chi connectivity index (χ2n) is 4.93. The quantitative estimate of drug-likeness (QED) is 0.468. The molecular weight excluding hydrogens is 414 g/mol. The Balaban J connectivity index is 3.18. The Labute approximate surface area is 148 Å². The van der Waals surface area contributed by atoms with Crippen molar-refractivity contribution in [2.45, 2.75) is 21.6 Å². The molecule has 0 unspecified atom stereocenters. The van der Waals surface area contributed by atoms with Crippen molar-refractivity contribution in [3.63, 3.8) is 0 Å². The second-order valence-corrected chi connectivity index (χ2v) is 9.58. The molecule has 0 saturated carbocycles. The van der Waals surface area contributed by atoms with Gasteiger partial charge < -0.3 is 0 Å². The Kier molecular flexibility index (Phi) is 5.39. The lowest BCUT2D eigenvalue weighted by Crippen LogP contribution is -2.16. The first-order valence-electron chi connectivity index (χ1n) is 6.38. The molecule has 26 heavy (non-hydrogen) atoms. The fourth-order valence-corrected chi connectivity index (χ4v) is 4.62. The minimum Gasteiger partial charge on any atom is -0.197 e. The topological polar surface area (TPSA) is 208 Å². The van der Waals surface area contributed by atoms with E-state index in [1.165, 1.54) is 13.0 Å². The summed E-state index contributed by atoms with van der Waals surface area (Å²) in [5.74, 6) is 14.2. The van der Waals surface area contributed by atoms with Crippen molar-refractivity contribution >= 4 is 41.1 Å². The minimum absolute atomic E-state index is 0.206. The molecule has 2 rings (SSSR count). The molecular formula is C11H13N3O9S3. The Hall–Kier alpha value is -1.69. The Morgan fingerprint density at radius 1 is 0.654 bits per heavy atom. The third kappa shape index (κ3) is 3.56. The lowest BCUT2D eigenvalue weighted by Gasteiger charge is -2.13. The van der Waals surface area contributed by atoms with Gasteiger partial charge in [-0.15, -0.1) is 0 Å². The Bertz CT molecular complexity index is 1190. The summed E-state index contributed by atoms with van der Waals surface area (Å²) in [5.41, 5.74) is 0.298. The largest absolute Gasteiger partial charge is 0.313 e. The summed E-state index contributed by atoms with van der Waals surface area (Å²) in [6, 6.07) is 3.87. The fraction of sp³-hybridized carbons (Fsp3) is 0.0909. The monoisotopic (exact) mass is 427 g/mol. The number of nitrogens with two attached hydrogens (primary N) is 3. The number of rotatable bonds is 6. The molecule has 2 aromatic carbocycles. The highest BCUT2D eigenvalue weighted by molar-refractivity contribution is 7.88. The molecule has 0 aliphatic carbocycles. The third-order valence-electron chi connectivity index (χ3n) is 3.32. The summed E-state index contributed by atoms with van der Waals surface area (Å²) < 4.78 is 83.9. The van der Waals surface area contributed by atoms with Crippen LogP contribution in [0.15, 0.2) is 39.0 Å². The van der Waals surface area contributed by atoms with Crippen LogP contribution < -0.4 is 17.7 Å². The SMILES string of the molecule is Cc1cc(S(=O)(=O)ON)c2cc(S(=O)(=O)ON)cc(S(=O)(=O)ON)c2c1. The lowest BCUT2D eigenvalue weighted by molar-refractivity contribution is 0.330. The predicted molar refractivity (Wildman–Crippen MR) is 86.1 cm³/mol. The van der Waals surface area contributed by atoms with E-state index < -0.39 is 45.0 Å². The van der Waals surface area contributed by atoms with Gasteiger partial charge in [0, 0.05) is 10.8 Å². The standard InChI is InChI=1S/C11H13N3O9S3/c1-6-2-8-9(10(3-6)25(17,18)22-13)4-7(24(15,16)21-12)5-11(8)26(19,20)23-14/h2-5H,12-14H2,1H3. The molecule has 0 radical (unpaired) electrons. The van der Waals surface area contributed by atoms with E-state index in [-0.39, 0.29) is 10.8 Å². The third-order valence-corrected chi connectivity index (χ3v) is 6.65. The first-order valence-corrected chi connectivity index (χ1v) is 10.6. The summed E-state index contributed by atoms with van der Waals surface area (Å²) in [5, 5.41) is -0.558. The second kappa shape index (κ2) is 6.80. The Morgan fingerprint density at radius 2 is 1.08 bits per heavy atom. The number of benzene rings is 2. The lowest BCUT2D eigenvalue weighted by atomic mass is 10.1. The highest BCUT2D eigenvalue weighted by Crippen LogP contribution is 2.34. The van der Waals surface area contributed by atoms with E-state index in [9.17, 15) is 25.3 Å². The minimum atomic E-state index is -4.65. The van der Waals surface area contributed by atoms with E-state index in [1.54, 1.807) is 0 Å². The summed E-state index contributed by atoms with van der Waals surface area (Å²) in [6.45, 7) is 1.46. The highest BCUT2D eigenvalue weighted by atomic mass is 32.2. The molecule has 6 N–H and O–H groups in total. The summed E-state index contributed by atoms with van der Waals surface area (Å²) in [7, 11) is -13.8. The van der Waals surface area contributed by atoms with Gasteiger partial charge in [-0.3, -0.25) is 0 Å². The molecule has 0 aliphatic heterocycles. The fourth-order valence-electron chi connectivity index (χ4n) is 2.23. The molecule has 0 spiro atoms. The van der Waals surface area contributed by atoms with Crippen LogP contribution in [0.2, 0.25) is 0 Å². The highest BCUT2D eigenvalue weighted by Gasteiger charge is 2.28. The van der Waals surface area contributed by atoms with E-state index in [0.29, 0.717) is 11.6 Å². The molecule has 0 aromatic heterocycles. The molecule has 2 aromatic rings. The van der Waals surface area contributed by atoms with E-state index in [0.717, 1.165) is 12.1 Å². The number of hydrogen-bond acceptors (Lipinski definition) is 12. The van der Waals surface area contributed by atoms with E-state index in [2.05, 4.69) is 12.9 Å². The van der Waals surface area contributed by atoms with Crippen molar-refractivity contribution in [3.8, 4) is 0 Å². The van der Waals surface area contributed by atoms with Crippen molar-refractivity contribution in [3.05, 3.63) is 29.8 Å². The van der Waals surface area contributed by atoms with Crippen molar-refractivity contribution in [1.29, 1.82) is 0 Å². The maximum Gasteiger partial charge on any atom is 0.313 e. The summed E-state index contributed by atoms with van der Waals surface area (Å²) in [4.78, 5) is -2.08. The van der Waals surface area contributed by atoms with Crippen LogP contribution >= 0.6 is 0 Å². The molecule has 0 atom stereocenters. The van der Waals surface area contributed by atoms with Gasteiger partial charge in [0.05, 0.1) is 4.90 Å². The first kappa shape index (κ1) is 20.6. The van der Waals surface area contributed by atoms with Gasteiger partial charge in [0.2, 0.25) is 0 Å². The average Bonchev–Trinajstić information content (AvgIpc) is 2.59. The molecule has 0 saturated heterocycles. The van der Waals surface area contributed by atoms with Gasteiger partial charge in [-0.2, -0.15) is 55.8 Å². The van der Waals surface area contributed by atoms with Crippen molar-refractivity contribution in [2.24, 2.45) is 17.7 Å². The van der Waals surface area contributed by atoms with Gasteiger partial charge in [0.1, 0.15) is 9.79 Å². The van der Waals surface area contributed by atoms with Crippen LogP contribution in [0.5, 0.6) is 0 Å². The van der Waals surface area contributed by atoms with Crippen LogP contribution in [0.4, 0.5) is 0 Å². The van der Waals surface area contributed by atoms with Crippen LogP contribution in [0.25, 0.3) is 10.8 Å². The van der Waals surface area contributed by atoms with Crippen LogP contribution in [-0.2, 0) is 43.2 Å². The number of fused-ring (bicyclic) bond motifs is 1. The molecule has 15 heteroatoms. The molecule has 0 heterocycles. The van der Waals surface area contributed by atoms with Gasteiger partial charge in [0.15, 0.2) is 0 Å². The maximum absolute atomic E-state index is 12.1. The molecule has 144 valence electrons. The van der Waals surface area contributed by atoms with Gasteiger partial charge in [-0.05, 0) is 36.8 Å². The summed E-state index contributed by atoms with van der Waals surface area (Å²) >= 11 is 0. The van der Waals surface area contributed by atoms with Gasteiger partial charge in [-0.1, -0.05) is 0 Å². The molecule has 0 bridgehead atoms. The smallest absolute Gasteiger partial charge is 0.197 e. The molecule has 0 amide bonds. The molecule has 0 fully saturated rings. The van der Waals surface area contributed by atoms with Crippen LogP contribution in [0.1, 0.15) is 5.56 Å². The van der Waals surface area contributed by atoms with E-state index >= 15 is 0 Å². The van der Waals surface area contributed by atoms with Crippen molar-refractivity contribution in [1.82, 2.24) is 0 Å². The van der Waals surface area contributed by atoms with E-state index in [1.807, 2.05) is 0 Å². The zero-order valence-corrected chi connectivity index (χ0v) is 15.4. The van der Waals surface area contributed by atoms with Gasteiger partial charge in [-0.25, -0.2) is 0 Å². The summed E-state index contributed by atoms with van der Waals surface area (Å²) in [6.07, 6.45) is 0. The van der Waals surface area contributed by atoms with Gasteiger partial charge >= 0.3 is 30.4 Å². The van der Waals surface area contributed by atoms with Crippen molar-refractivity contribution in [2.75, 3.05) is 0 Å². The molecule has 12 nitrogen and oxygen atoms in total. The predicted octanol–water partition coefficient (Wildman–Crippen LogP) is -1.11. The van der Waals surface area contributed by atoms with E-state index in [4.69, 9.17) is 17.7 Å². The zero-order chi connectivity index (χ0) is 19.9. The number of hydrogen-bond donors (Lipinski definition) is 3. The van der Waals surface area contributed by atoms with Crippen LogP contribution in [0, 0.1) is 6.92 Å². The van der Waals surface area contributed by atoms with Crippen molar-refractivity contribution < 1.29 is 38.1 Å². The first-order chi connectivity index (χ1) is 11.9. The number of aryl methyl sites for hydroxylation is 1. The maximum atomic E-state index is 12.1.